The summed E-state index contributed by atoms with van der Waals surface area (Å²) in [6, 6.07) is 8.18. The first-order valence-electron chi connectivity index (χ1n) is 6.11. The van der Waals surface area contributed by atoms with Crippen molar-refractivity contribution >= 4 is 38.3 Å². The summed E-state index contributed by atoms with van der Waals surface area (Å²) in [5.41, 5.74) is 4.05. The van der Waals surface area contributed by atoms with Gasteiger partial charge >= 0.3 is 5.69 Å². The number of hydrogen-bond donors (Lipinski definition) is 2. The summed E-state index contributed by atoms with van der Waals surface area (Å²) in [5, 5.41) is 2.12. The molecule has 1 atom stereocenters. The standard InChI is InChI=1S/C14H13BrN2OS/c1-2-8-5-6-19-13(8)12(15)9-3-4-10-11(7-9)17-14(18)16-10/h3-7,12H,2H2,1H3,(H2,16,17,18). The lowest BCUT2D eigenvalue weighted by atomic mass is 10.1. The molecule has 3 nitrogen and oxygen atoms in total. The summed E-state index contributed by atoms with van der Waals surface area (Å²) < 4.78 is 0. The molecule has 0 radical (unpaired) electrons. The Morgan fingerprint density at radius 2 is 2.05 bits per heavy atom. The fourth-order valence-corrected chi connectivity index (χ4v) is 4.12. The molecule has 0 saturated carbocycles. The molecule has 1 unspecified atom stereocenters. The van der Waals surface area contributed by atoms with Gasteiger partial charge in [-0.15, -0.1) is 11.3 Å². The number of alkyl halides is 1. The zero-order valence-corrected chi connectivity index (χ0v) is 12.8. The fraction of sp³-hybridized carbons (Fsp3) is 0.214. The lowest BCUT2D eigenvalue weighted by Gasteiger charge is -2.10. The number of rotatable bonds is 3. The smallest absolute Gasteiger partial charge is 0.306 e. The monoisotopic (exact) mass is 336 g/mol. The number of H-pyrrole nitrogens is 2. The van der Waals surface area contributed by atoms with Gasteiger partial charge in [-0.2, -0.15) is 0 Å². The lowest BCUT2D eigenvalue weighted by Crippen LogP contribution is -1.99. The summed E-state index contributed by atoms with van der Waals surface area (Å²) in [7, 11) is 0. The van der Waals surface area contributed by atoms with E-state index in [1.807, 2.05) is 18.2 Å². The minimum absolute atomic E-state index is 0.163. The number of thiophene rings is 1. The molecule has 5 heteroatoms. The topological polar surface area (TPSA) is 48.6 Å². The van der Waals surface area contributed by atoms with E-state index >= 15 is 0 Å². The van der Waals surface area contributed by atoms with Gasteiger partial charge in [0.1, 0.15) is 0 Å². The first-order valence-corrected chi connectivity index (χ1v) is 7.91. The van der Waals surface area contributed by atoms with Gasteiger partial charge in [-0.25, -0.2) is 4.79 Å². The summed E-state index contributed by atoms with van der Waals surface area (Å²) in [4.78, 5) is 18.3. The Morgan fingerprint density at radius 1 is 1.26 bits per heavy atom. The highest BCUT2D eigenvalue weighted by atomic mass is 79.9. The van der Waals surface area contributed by atoms with Gasteiger partial charge in [-0.3, -0.25) is 0 Å². The average molecular weight is 337 g/mol. The van der Waals surface area contributed by atoms with E-state index < -0.39 is 0 Å². The van der Waals surface area contributed by atoms with Crippen LogP contribution in [0.4, 0.5) is 0 Å². The van der Waals surface area contributed by atoms with Crippen LogP contribution in [0.15, 0.2) is 34.4 Å². The van der Waals surface area contributed by atoms with Crippen molar-refractivity contribution in [2.24, 2.45) is 0 Å². The van der Waals surface area contributed by atoms with Crippen LogP contribution in [0.2, 0.25) is 0 Å². The molecule has 0 saturated heterocycles. The van der Waals surface area contributed by atoms with E-state index in [9.17, 15) is 4.79 Å². The summed E-state index contributed by atoms with van der Waals surface area (Å²) in [6.07, 6.45) is 1.03. The molecular formula is C14H13BrN2OS. The summed E-state index contributed by atoms with van der Waals surface area (Å²) in [6.45, 7) is 2.16. The number of hydrogen-bond acceptors (Lipinski definition) is 2. The van der Waals surface area contributed by atoms with Gasteiger partial charge in [0.05, 0.1) is 15.9 Å². The van der Waals surface area contributed by atoms with E-state index in [1.54, 1.807) is 11.3 Å². The number of aryl methyl sites for hydroxylation is 1. The van der Waals surface area contributed by atoms with Gasteiger partial charge in [-0.1, -0.05) is 28.9 Å². The van der Waals surface area contributed by atoms with Gasteiger partial charge in [0.2, 0.25) is 0 Å². The number of halogens is 1. The van der Waals surface area contributed by atoms with Crippen LogP contribution in [-0.4, -0.2) is 9.97 Å². The molecule has 0 bridgehead atoms. The first-order chi connectivity index (χ1) is 9.19. The van der Waals surface area contributed by atoms with Gasteiger partial charge in [0, 0.05) is 4.88 Å². The number of fused-ring (bicyclic) bond motifs is 1. The molecule has 19 heavy (non-hydrogen) atoms. The maximum Gasteiger partial charge on any atom is 0.323 e. The number of nitrogens with one attached hydrogen (secondary N) is 2. The predicted molar refractivity (Wildman–Crippen MR) is 83.4 cm³/mol. The molecular weight excluding hydrogens is 324 g/mol. The molecule has 98 valence electrons. The number of benzene rings is 1. The summed E-state index contributed by atoms with van der Waals surface area (Å²) >= 11 is 5.53. The Kier molecular flexibility index (Phi) is 3.33. The molecule has 3 rings (SSSR count). The molecule has 0 aliphatic rings. The largest absolute Gasteiger partial charge is 0.323 e. The van der Waals surface area contributed by atoms with Crippen molar-refractivity contribution in [2.45, 2.75) is 18.2 Å². The Balaban J connectivity index is 2.05. The van der Waals surface area contributed by atoms with Crippen molar-refractivity contribution in [1.82, 2.24) is 9.97 Å². The third kappa shape index (κ3) is 2.28. The zero-order chi connectivity index (χ0) is 13.4. The third-order valence-corrected chi connectivity index (χ3v) is 5.54. The van der Waals surface area contributed by atoms with Crippen molar-refractivity contribution in [3.8, 4) is 0 Å². The van der Waals surface area contributed by atoms with E-state index in [4.69, 9.17) is 0 Å². The molecule has 0 aliphatic heterocycles. The molecule has 2 N–H and O–H groups in total. The third-order valence-electron chi connectivity index (χ3n) is 3.22. The van der Waals surface area contributed by atoms with Gasteiger partial charge in [0.15, 0.2) is 0 Å². The number of imidazole rings is 1. The van der Waals surface area contributed by atoms with Crippen LogP contribution < -0.4 is 5.69 Å². The Hall–Kier alpha value is -1.33. The number of aromatic amines is 2. The molecule has 0 fully saturated rings. The second kappa shape index (κ2) is 4.98. The maximum atomic E-state index is 11.3. The van der Waals surface area contributed by atoms with Crippen LogP contribution in [0, 0.1) is 0 Å². The van der Waals surface area contributed by atoms with Gasteiger partial charge in [-0.05, 0) is 41.1 Å². The second-order valence-electron chi connectivity index (χ2n) is 4.41. The quantitative estimate of drug-likeness (QED) is 0.698. The van der Waals surface area contributed by atoms with Gasteiger partial charge < -0.3 is 9.97 Å². The van der Waals surface area contributed by atoms with Crippen LogP contribution in [-0.2, 0) is 6.42 Å². The maximum absolute atomic E-state index is 11.3. The fourth-order valence-electron chi connectivity index (χ4n) is 2.22. The highest BCUT2D eigenvalue weighted by Crippen LogP contribution is 2.37. The van der Waals surface area contributed by atoms with E-state index in [2.05, 4.69) is 44.3 Å². The minimum atomic E-state index is -0.163. The molecule has 0 aliphatic carbocycles. The Morgan fingerprint density at radius 3 is 2.84 bits per heavy atom. The van der Waals surface area contributed by atoms with Crippen LogP contribution in [0.25, 0.3) is 11.0 Å². The average Bonchev–Trinajstić information content (AvgIpc) is 3.01. The molecule has 1 aromatic carbocycles. The molecule has 3 aromatic rings. The number of aromatic nitrogens is 2. The van der Waals surface area contributed by atoms with Crippen molar-refractivity contribution in [3.63, 3.8) is 0 Å². The zero-order valence-electron chi connectivity index (χ0n) is 10.4. The highest BCUT2D eigenvalue weighted by molar-refractivity contribution is 9.09. The van der Waals surface area contributed by atoms with Gasteiger partial charge in [0.25, 0.3) is 0 Å². The Bertz CT molecular complexity index is 771. The van der Waals surface area contributed by atoms with Crippen molar-refractivity contribution in [3.05, 3.63) is 56.1 Å². The van der Waals surface area contributed by atoms with Crippen LogP contribution in [0.3, 0.4) is 0 Å². The predicted octanol–water partition coefficient (Wildman–Crippen LogP) is 3.96. The normalized spacial score (nSPS) is 12.9. The first kappa shape index (κ1) is 12.7. The van der Waals surface area contributed by atoms with Crippen LogP contribution >= 0.6 is 27.3 Å². The molecule has 0 spiro atoms. The van der Waals surface area contributed by atoms with E-state index in [0.717, 1.165) is 23.0 Å². The minimum Gasteiger partial charge on any atom is -0.306 e. The van der Waals surface area contributed by atoms with Crippen LogP contribution in [0.1, 0.15) is 27.8 Å². The van der Waals surface area contributed by atoms with Crippen molar-refractivity contribution < 1.29 is 0 Å². The van der Waals surface area contributed by atoms with Crippen molar-refractivity contribution in [2.75, 3.05) is 0 Å². The lowest BCUT2D eigenvalue weighted by molar-refractivity contribution is 1.09. The molecule has 0 amide bonds. The molecule has 2 aromatic heterocycles. The second-order valence-corrected chi connectivity index (χ2v) is 6.27. The van der Waals surface area contributed by atoms with E-state index in [0.29, 0.717) is 0 Å². The van der Waals surface area contributed by atoms with E-state index in [1.165, 1.54) is 10.4 Å². The molecule has 2 heterocycles. The van der Waals surface area contributed by atoms with Crippen LogP contribution in [0.5, 0.6) is 0 Å². The SMILES string of the molecule is CCc1ccsc1C(Br)c1ccc2[nH]c(=O)[nH]c2c1. The van der Waals surface area contributed by atoms with Crippen molar-refractivity contribution in [1.29, 1.82) is 0 Å². The highest BCUT2D eigenvalue weighted by Gasteiger charge is 2.16. The van der Waals surface area contributed by atoms with E-state index in [-0.39, 0.29) is 10.5 Å². The summed E-state index contributed by atoms with van der Waals surface area (Å²) in [5.74, 6) is 0. The Labute approximate surface area is 122 Å².